The molecule has 1 heterocycles. The van der Waals surface area contributed by atoms with Gasteiger partial charge in [-0.15, -0.1) is 11.8 Å². The van der Waals surface area contributed by atoms with Gasteiger partial charge in [0.2, 0.25) is 5.91 Å². The number of fused-ring (bicyclic) bond motifs is 1. The maximum absolute atomic E-state index is 12.1. The summed E-state index contributed by atoms with van der Waals surface area (Å²) in [6.07, 6.45) is 0. The van der Waals surface area contributed by atoms with E-state index in [1.807, 2.05) is 24.3 Å². The van der Waals surface area contributed by atoms with Gasteiger partial charge in [0, 0.05) is 17.7 Å². The van der Waals surface area contributed by atoms with Gasteiger partial charge in [0.05, 0.1) is 5.92 Å². The van der Waals surface area contributed by atoms with E-state index in [9.17, 15) is 9.59 Å². The smallest absolute Gasteiger partial charge is 0.323 e. The molecule has 0 spiro atoms. The zero-order valence-electron chi connectivity index (χ0n) is 9.42. The lowest BCUT2D eigenvalue weighted by molar-refractivity contribution is -0.143. The number of carbonyl (C=O) groups is 2. The lowest BCUT2D eigenvalue weighted by Gasteiger charge is -2.19. The van der Waals surface area contributed by atoms with Gasteiger partial charge < -0.3 is 10.0 Å². The van der Waals surface area contributed by atoms with Gasteiger partial charge in [-0.05, 0) is 11.6 Å². The van der Waals surface area contributed by atoms with Crippen LogP contribution in [0.1, 0.15) is 11.5 Å². The number of nitrogens with zero attached hydrogens (tertiary/aromatic N) is 1. The molecule has 90 valence electrons. The Morgan fingerprint density at radius 1 is 1.47 bits per heavy atom. The molecular weight excluding hydrogens is 238 g/mol. The first-order valence-electron chi connectivity index (χ1n) is 5.28. The predicted octanol–water partition coefficient (Wildman–Crippen LogP) is 1.42. The fourth-order valence-corrected chi connectivity index (χ4v) is 3.13. The summed E-state index contributed by atoms with van der Waals surface area (Å²) in [6, 6.07) is 7.78. The summed E-state index contributed by atoms with van der Waals surface area (Å²) in [5, 5.41) is 8.67. The number of thioether (sulfide) groups is 1. The normalized spacial score (nSPS) is 17.6. The minimum absolute atomic E-state index is 0.121. The van der Waals surface area contributed by atoms with Crippen LogP contribution < -0.4 is 0 Å². The molecule has 0 aliphatic carbocycles. The summed E-state index contributed by atoms with van der Waals surface area (Å²) in [6.45, 7) is -0.248. The topological polar surface area (TPSA) is 57.6 Å². The van der Waals surface area contributed by atoms with E-state index in [4.69, 9.17) is 5.11 Å². The van der Waals surface area contributed by atoms with Gasteiger partial charge in [0.25, 0.3) is 0 Å². The molecule has 5 heteroatoms. The maximum Gasteiger partial charge on any atom is 0.323 e. The number of benzene rings is 1. The van der Waals surface area contributed by atoms with Crippen LogP contribution in [0.5, 0.6) is 0 Å². The summed E-state index contributed by atoms with van der Waals surface area (Å²) in [5.74, 6) is -0.618. The lowest BCUT2D eigenvalue weighted by atomic mass is 10.00. The van der Waals surface area contributed by atoms with Crippen LogP contribution in [0.15, 0.2) is 29.2 Å². The van der Waals surface area contributed by atoms with Gasteiger partial charge >= 0.3 is 5.97 Å². The fourth-order valence-electron chi connectivity index (χ4n) is 1.91. The minimum Gasteiger partial charge on any atom is -0.480 e. The molecule has 17 heavy (non-hydrogen) atoms. The summed E-state index contributed by atoms with van der Waals surface area (Å²) in [5.41, 5.74) is 1.01. The number of rotatable bonds is 3. The Kier molecular flexibility index (Phi) is 3.38. The first-order valence-corrected chi connectivity index (χ1v) is 6.26. The van der Waals surface area contributed by atoms with Crippen molar-refractivity contribution in [3.05, 3.63) is 29.8 Å². The average Bonchev–Trinajstić information content (AvgIpc) is 2.70. The van der Waals surface area contributed by atoms with Gasteiger partial charge in [-0.25, -0.2) is 0 Å². The predicted molar refractivity (Wildman–Crippen MR) is 65.2 cm³/mol. The van der Waals surface area contributed by atoms with E-state index in [-0.39, 0.29) is 18.4 Å². The Bertz CT molecular complexity index is 461. The fraction of sp³-hybridized carbons (Fsp3) is 0.333. The Morgan fingerprint density at radius 2 is 2.18 bits per heavy atom. The van der Waals surface area contributed by atoms with Crippen molar-refractivity contribution in [2.45, 2.75) is 10.8 Å². The van der Waals surface area contributed by atoms with Gasteiger partial charge in [-0.1, -0.05) is 18.2 Å². The summed E-state index contributed by atoms with van der Waals surface area (Å²) < 4.78 is 0. The highest BCUT2D eigenvalue weighted by atomic mass is 32.2. The zero-order valence-corrected chi connectivity index (χ0v) is 10.2. The van der Waals surface area contributed by atoms with Crippen molar-refractivity contribution in [3.8, 4) is 0 Å². The molecular formula is C12H13NO3S. The molecule has 0 fully saturated rings. The number of hydrogen-bond acceptors (Lipinski definition) is 3. The van der Waals surface area contributed by atoms with Crippen LogP contribution in [-0.4, -0.2) is 41.2 Å². The molecule has 2 rings (SSSR count). The highest BCUT2D eigenvalue weighted by molar-refractivity contribution is 7.99. The van der Waals surface area contributed by atoms with Gasteiger partial charge in [-0.3, -0.25) is 9.59 Å². The van der Waals surface area contributed by atoms with Crippen molar-refractivity contribution in [1.82, 2.24) is 4.90 Å². The number of aliphatic carboxylic acids is 1. The van der Waals surface area contributed by atoms with Crippen LogP contribution in [0.4, 0.5) is 0 Å². The zero-order chi connectivity index (χ0) is 12.4. The first kappa shape index (κ1) is 12.0. The molecule has 0 bridgehead atoms. The standard InChI is InChI=1S/C12H13NO3S/c1-13(6-11(14)15)12(16)9-7-17-10-5-3-2-4-8(9)10/h2-5,9H,6-7H2,1H3,(H,14,15). The minimum atomic E-state index is -0.986. The first-order chi connectivity index (χ1) is 8.09. The molecule has 1 atom stereocenters. The highest BCUT2D eigenvalue weighted by Crippen LogP contribution is 2.39. The number of amides is 1. The van der Waals surface area contributed by atoms with Crippen LogP contribution in [0, 0.1) is 0 Å². The summed E-state index contributed by atoms with van der Waals surface area (Å²) in [7, 11) is 1.53. The second-order valence-corrected chi connectivity index (χ2v) is 5.05. The number of carboxylic acids is 1. The summed E-state index contributed by atoms with van der Waals surface area (Å²) >= 11 is 1.65. The van der Waals surface area contributed by atoms with Crippen LogP contribution in [-0.2, 0) is 9.59 Å². The van der Waals surface area contributed by atoms with Crippen molar-refractivity contribution in [3.63, 3.8) is 0 Å². The van der Waals surface area contributed by atoms with E-state index in [1.165, 1.54) is 11.9 Å². The van der Waals surface area contributed by atoms with Crippen molar-refractivity contribution < 1.29 is 14.7 Å². The van der Waals surface area contributed by atoms with E-state index in [1.54, 1.807) is 11.8 Å². The van der Waals surface area contributed by atoms with Crippen molar-refractivity contribution in [2.75, 3.05) is 19.3 Å². The molecule has 0 saturated heterocycles. The molecule has 0 aromatic heterocycles. The number of carboxylic acid groups (broad SMARTS) is 1. The van der Waals surface area contributed by atoms with E-state index in [0.29, 0.717) is 5.75 Å². The Labute approximate surface area is 104 Å². The molecule has 1 aliphatic heterocycles. The van der Waals surface area contributed by atoms with E-state index in [0.717, 1.165) is 10.5 Å². The molecule has 0 radical (unpaired) electrons. The van der Waals surface area contributed by atoms with Crippen molar-refractivity contribution >= 4 is 23.6 Å². The molecule has 4 nitrogen and oxygen atoms in total. The molecule has 1 N–H and O–H groups in total. The van der Waals surface area contributed by atoms with Crippen molar-refractivity contribution in [2.24, 2.45) is 0 Å². The van der Waals surface area contributed by atoms with Crippen LogP contribution in [0.3, 0.4) is 0 Å². The summed E-state index contributed by atoms with van der Waals surface area (Å²) in [4.78, 5) is 25.1. The Balaban J connectivity index is 2.15. The van der Waals surface area contributed by atoms with Crippen LogP contribution >= 0.6 is 11.8 Å². The number of hydrogen-bond donors (Lipinski definition) is 1. The van der Waals surface area contributed by atoms with Gasteiger partial charge in [0.15, 0.2) is 0 Å². The second kappa shape index (κ2) is 4.79. The monoisotopic (exact) mass is 251 g/mol. The third kappa shape index (κ3) is 2.44. The third-order valence-corrected chi connectivity index (χ3v) is 3.93. The van der Waals surface area contributed by atoms with Crippen molar-refractivity contribution in [1.29, 1.82) is 0 Å². The SMILES string of the molecule is CN(CC(=O)O)C(=O)C1CSc2ccccc21. The van der Waals surface area contributed by atoms with E-state index in [2.05, 4.69) is 0 Å². The number of carbonyl (C=O) groups excluding carboxylic acids is 1. The number of likely N-dealkylation sites (N-methyl/N-ethyl adjacent to an activating group) is 1. The van der Waals surface area contributed by atoms with Gasteiger partial charge in [-0.2, -0.15) is 0 Å². The van der Waals surface area contributed by atoms with Crippen LogP contribution in [0.25, 0.3) is 0 Å². The third-order valence-electron chi connectivity index (χ3n) is 2.75. The Morgan fingerprint density at radius 3 is 2.88 bits per heavy atom. The quantitative estimate of drug-likeness (QED) is 0.882. The largest absolute Gasteiger partial charge is 0.480 e. The molecule has 0 saturated carbocycles. The maximum atomic E-state index is 12.1. The molecule has 1 aromatic rings. The molecule has 1 unspecified atom stereocenters. The van der Waals surface area contributed by atoms with E-state index < -0.39 is 5.97 Å². The molecule has 1 amide bonds. The van der Waals surface area contributed by atoms with Gasteiger partial charge in [0.1, 0.15) is 6.54 Å². The highest BCUT2D eigenvalue weighted by Gasteiger charge is 2.31. The van der Waals surface area contributed by atoms with E-state index >= 15 is 0 Å². The second-order valence-electron chi connectivity index (χ2n) is 3.99. The lowest BCUT2D eigenvalue weighted by Crippen LogP contribution is -2.35. The average molecular weight is 251 g/mol. The molecule has 1 aromatic carbocycles. The van der Waals surface area contributed by atoms with Crippen LogP contribution in [0.2, 0.25) is 0 Å². The Hall–Kier alpha value is -1.49. The molecule has 1 aliphatic rings.